The molecular weight excluding hydrogens is 272 g/mol. The van der Waals surface area contributed by atoms with Crippen molar-refractivity contribution < 1.29 is 9.90 Å². The van der Waals surface area contributed by atoms with Crippen molar-refractivity contribution >= 4 is 5.97 Å². The van der Waals surface area contributed by atoms with Crippen LogP contribution in [0.1, 0.15) is 52.4 Å². The molecular formula is C20H30O2. The van der Waals surface area contributed by atoms with E-state index in [2.05, 4.69) is 39.7 Å². The van der Waals surface area contributed by atoms with Crippen LogP contribution in [0.15, 0.2) is 37.0 Å². The average Bonchev–Trinajstić information content (AvgIpc) is 2.45. The molecule has 1 N–H and O–H groups in total. The molecule has 2 aliphatic carbocycles. The smallest absolute Gasteiger partial charge is 0.303 e. The van der Waals surface area contributed by atoms with E-state index in [4.69, 9.17) is 5.11 Å². The van der Waals surface area contributed by atoms with Crippen molar-refractivity contribution in [3.05, 3.63) is 37.0 Å². The topological polar surface area (TPSA) is 37.3 Å². The highest BCUT2D eigenvalue weighted by molar-refractivity contribution is 5.66. The molecule has 0 aliphatic heterocycles. The van der Waals surface area contributed by atoms with Gasteiger partial charge in [0.1, 0.15) is 0 Å². The molecule has 122 valence electrons. The van der Waals surface area contributed by atoms with E-state index < -0.39 is 5.97 Å². The molecule has 22 heavy (non-hydrogen) atoms. The van der Waals surface area contributed by atoms with Crippen molar-refractivity contribution in [2.24, 2.45) is 29.1 Å². The third kappa shape index (κ3) is 2.93. The Hall–Kier alpha value is -1.31. The number of carbonyl (C=O) groups is 1. The molecule has 2 saturated carbocycles. The SMILES string of the molecule is C=C[C@H]1C(=C)CC[C@H]2[C@H]1CC[C@@H](C(=C)C)[C@]2(C)CCC(=O)O. The number of hydrogen-bond acceptors (Lipinski definition) is 1. The van der Waals surface area contributed by atoms with Crippen LogP contribution in [0.4, 0.5) is 0 Å². The fourth-order valence-corrected chi connectivity index (χ4v) is 5.31. The van der Waals surface area contributed by atoms with E-state index in [1.165, 1.54) is 17.6 Å². The Labute approximate surface area is 135 Å². The summed E-state index contributed by atoms with van der Waals surface area (Å²) in [5.41, 5.74) is 2.56. The molecule has 0 aromatic heterocycles. The third-order valence-corrected chi connectivity index (χ3v) is 6.38. The van der Waals surface area contributed by atoms with Crippen LogP contribution >= 0.6 is 0 Å². The van der Waals surface area contributed by atoms with Gasteiger partial charge in [-0.15, -0.1) is 6.58 Å². The lowest BCUT2D eigenvalue weighted by molar-refractivity contribution is -0.138. The van der Waals surface area contributed by atoms with Crippen LogP contribution < -0.4 is 0 Å². The van der Waals surface area contributed by atoms with Gasteiger partial charge in [-0.1, -0.05) is 37.3 Å². The molecule has 0 unspecified atom stereocenters. The average molecular weight is 302 g/mol. The number of aliphatic carboxylic acids is 1. The highest BCUT2D eigenvalue weighted by atomic mass is 16.4. The summed E-state index contributed by atoms with van der Waals surface area (Å²) < 4.78 is 0. The maximum atomic E-state index is 11.1. The largest absolute Gasteiger partial charge is 0.481 e. The van der Waals surface area contributed by atoms with Gasteiger partial charge in [0.25, 0.3) is 0 Å². The second-order valence-electron chi connectivity index (χ2n) is 7.60. The summed E-state index contributed by atoms with van der Waals surface area (Å²) in [5, 5.41) is 9.17. The standard InChI is InChI=1S/C20H30O2/c1-6-15-14(4)7-9-18-16(15)8-10-17(13(2)3)20(18,5)12-11-19(21)22/h6,15-18H,1-2,4,7-12H2,3,5H3,(H,21,22)/t15-,16-,17-,18-,20-/m0/s1. The molecule has 2 heteroatoms. The first-order valence-electron chi connectivity index (χ1n) is 8.48. The van der Waals surface area contributed by atoms with Crippen LogP contribution in [-0.4, -0.2) is 11.1 Å². The molecule has 2 nitrogen and oxygen atoms in total. The molecule has 0 bridgehead atoms. The van der Waals surface area contributed by atoms with Crippen LogP contribution in [0.3, 0.4) is 0 Å². The number of rotatable bonds is 5. The van der Waals surface area contributed by atoms with Crippen molar-refractivity contribution in [2.75, 3.05) is 0 Å². The van der Waals surface area contributed by atoms with Crippen molar-refractivity contribution in [3.8, 4) is 0 Å². The van der Waals surface area contributed by atoms with Crippen LogP contribution in [0.25, 0.3) is 0 Å². The van der Waals surface area contributed by atoms with Gasteiger partial charge in [-0.3, -0.25) is 4.79 Å². The summed E-state index contributed by atoms with van der Waals surface area (Å²) >= 11 is 0. The molecule has 0 radical (unpaired) electrons. The molecule has 5 atom stereocenters. The van der Waals surface area contributed by atoms with Gasteiger partial charge in [0, 0.05) is 12.3 Å². The summed E-state index contributed by atoms with van der Waals surface area (Å²) in [6.45, 7) is 16.9. The number of carboxylic acids is 1. The van der Waals surface area contributed by atoms with Gasteiger partial charge in [0.05, 0.1) is 0 Å². The summed E-state index contributed by atoms with van der Waals surface area (Å²) in [6.07, 6.45) is 7.54. The first-order valence-corrected chi connectivity index (χ1v) is 8.48. The zero-order valence-electron chi connectivity index (χ0n) is 14.1. The number of hydrogen-bond donors (Lipinski definition) is 1. The minimum atomic E-state index is -0.690. The summed E-state index contributed by atoms with van der Waals surface area (Å²) in [6, 6.07) is 0. The van der Waals surface area contributed by atoms with Crippen LogP contribution in [0.5, 0.6) is 0 Å². The summed E-state index contributed by atoms with van der Waals surface area (Å²) in [7, 11) is 0. The maximum Gasteiger partial charge on any atom is 0.303 e. The Balaban J connectivity index is 2.34. The monoisotopic (exact) mass is 302 g/mol. The second-order valence-corrected chi connectivity index (χ2v) is 7.60. The molecule has 2 aliphatic rings. The van der Waals surface area contributed by atoms with Crippen molar-refractivity contribution in [3.63, 3.8) is 0 Å². The van der Waals surface area contributed by atoms with Gasteiger partial charge in [-0.05, 0) is 62.2 Å². The van der Waals surface area contributed by atoms with Crippen molar-refractivity contribution in [1.82, 2.24) is 0 Å². The number of fused-ring (bicyclic) bond motifs is 1. The van der Waals surface area contributed by atoms with Crippen molar-refractivity contribution in [1.29, 1.82) is 0 Å². The van der Waals surface area contributed by atoms with Gasteiger partial charge in [-0.25, -0.2) is 0 Å². The van der Waals surface area contributed by atoms with E-state index >= 15 is 0 Å². The fourth-order valence-electron chi connectivity index (χ4n) is 5.31. The van der Waals surface area contributed by atoms with E-state index in [1.807, 2.05) is 0 Å². The van der Waals surface area contributed by atoms with Gasteiger partial charge in [0.2, 0.25) is 0 Å². The van der Waals surface area contributed by atoms with E-state index in [0.717, 1.165) is 25.7 Å². The first-order chi connectivity index (χ1) is 10.3. The molecule has 2 fully saturated rings. The Bertz CT molecular complexity index is 490. The minimum Gasteiger partial charge on any atom is -0.481 e. The lowest BCUT2D eigenvalue weighted by Gasteiger charge is -2.56. The lowest BCUT2D eigenvalue weighted by atomic mass is 9.49. The predicted octanol–water partition coefficient (Wildman–Crippen LogP) is 5.23. The maximum absolute atomic E-state index is 11.1. The molecule has 0 spiro atoms. The molecule has 0 aromatic rings. The van der Waals surface area contributed by atoms with Gasteiger partial charge in [0.15, 0.2) is 0 Å². The Morgan fingerprint density at radius 1 is 1.41 bits per heavy atom. The van der Waals surface area contributed by atoms with E-state index in [1.54, 1.807) is 0 Å². The normalized spacial score (nSPS) is 38.2. The Morgan fingerprint density at radius 2 is 2.09 bits per heavy atom. The van der Waals surface area contributed by atoms with E-state index in [0.29, 0.717) is 23.7 Å². The molecule has 0 saturated heterocycles. The molecule has 2 rings (SSSR count). The first kappa shape index (κ1) is 17.1. The lowest BCUT2D eigenvalue weighted by Crippen LogP contribution is -2.48. The molecule has 0 amide bonds. The molecule has 0 aromatic carbocycles. The minimum absolute atomic E-state index is 0.0368. The van der Waals surface area contributed by atoms with Crippen LogP contribution in [0.2, 0.25) is 0 Å². The zero-order chi connectivity index (χ0) is 16.5. The fraction of sp³-hybridized carbons (Fsp3) is 0.650. The highest BCUT2D eigenvalue weighted by Gasteiger charge is 2.51. The Morgan fingerprint density at radius 3 is 2.64 bits per heavy atom. The third-order valence-electron chi connectivity index (χ3n) is 6.38. The van der Waals surface area contributed by atoms with Gasteiger partial charge in [-0.2, -0.15) is 0 Å². The van der Waals surface area contributed by atoms with Crippen LogP contribution in [0, 0.1) is 29.1 Å². The predicted molar refractivity (Wildman–Crippen MR) is 91.6 cm³/mol. The second kappa shape index (κ2) is 6.44. The van der Waals surface area contributed by atoms with E-state index in [-0.39, 0.29) is 11.8 Å². The number of carboxylic acid groups (broad SMARTS) is 1. The Kier molecular flexibility index (Phi) is 4.99. The number of allylic oxidation sites excluding steroid dienone is 3. The van der Waals surface area contributed by atoms with E-state index in [9.17, 15) is 4.79 Å². The van der Waals surface area contributed by atoms with Crippen LogP contribution in [-0.2, 0) is 4.79 Å². The van der Waals surface area contributed by atoms with Gasteiger partial charge >= 0.3 is 5.97 Å². The summed E-state index contributed by atoms with van der Waals surface area (Å²) in [5.74, 6) is 1.27. The zero-order valence-corrected chi connectivity index (χ0v) is 14.1. The summed E-state index contributed by atoms with van der Waals surface area (Å²) in [4.78, 5) is 11.1. The van der Waals surface area contributed by atoms with Gasteiger partial charge < -0.3 is 5.11 Å². The highest BCUT2D eigenvalue weighted by Crippen LogP contribution is 2.59. The van der Waals surface area contributed by atoms with Crippen molar-refractivity contribution in [2.45, 2.75) is 52.4 Å². The molecule has 0 heterocycles. The quantitative estimate of drug-likeness (QED) is 0.706.